The second-order valence-electron chi connectivity index (χ2n) is 17.5. The largest absolute Gasteiger partial charge is 0.756 e. The van der Waals surface area contributed by atoms with Crippen LogP contribution in [0.25, 0.3) is 0 Å². The number of quaternary nitrogens is 1. The molecule has 0 fully saturated rings. The van der Waals surface area contributed by atoms with Gasteiger partial charge in [-0.25, -0.2) is 0 Å². The number of allylic oxidation sites excluding steroid dienone is 6. The smallest absolute Gasteiger partial charge is 0.306 e. The van der Waals surface area contributed by atoms with Gasteiger partial charge in [0.05, 0.1) is 34.4 Å². The van der Waals surface area contributed by atoms with Crippen molar-refractivity contribution in [2.75, 3.05) is 54.1 Å². The number of likely N-dealkylation sites (N-methyl/N-ethyl adjacent to an activating group) is 1. The highest BCUT2D eigenvalue weighted by Gasteiger charge is 2.20. The van der Waals surface area contributed by atoms with Crippen LogP contribution < -0.4 is 4.89 Å². The van der Waals surface area contributed by atoms with Crippen LogP contribution in [0.3, 0.4) is 0 Å². The summed E-state index contributed by atoms with van der Waals surface area (Å²) < 4.78 is 34.6. The van der Waals surface area contributed by atoms with Gasteiger partial charge in [0, 0.05) is 13.0 Å². The fourth-order valence-electron chi connectivity index (χ4n) is 6.63. The lowest BCUT2D eigenvalue weighted by Gasteiger charge is -2.28. The van der Waals surface area contributed by atoms with Gasteiger partial charge < -0.3 is 27.9 Å². The molecule has 0 aliphatic heterocycles. The van der Waals surface area contributed by atoms with Crippen LogP contribution in [0.1, 0.15) is 213 Å². The SMILES string of the molecule is CCCCC/C=C\CCCCCCCCOCC(COP(=O)([O-])OCC[N+](C)(C)C)OC(=O)CCCCCCCCCCCCC/C=C\C/C=C\CCCCCCC. The maximum absolute atomic E-state index is 12.7. The number of hydrogen-bond acceptors (Lipinski definition) is 7. The Hall–Kier alpha value is -1.28. The van der Waals surface area contributed by atoms with Crippen molar-refractivity contribution in [1.29, 1.82) is 0 Å². The summed E-state index contributed by atoms with van der Waals surface area (Å²) in [7, 11) is 1.35. The van der Waals surface area contributed by atoms with Gasteiger partial charge in [0.1, 0.15) is 19.3 Å². The third-order valence-corrected chi connectivity index (χ3v) is 11.4. The number of nitrogens with zero attached hydrogens (tertiary/aromatic N) is 1. The van der Waals surface area contributed by atoms with Crippen molar-refractivity contribution in [2.24, 2.45) is 0 Å². The van der Waals surface area contributed by atoms with E-state index in [1.54, 1.807) is 0 Å². The van der Waals surface area contributed by atoms with E-state index in [0.29, 0.717) is 24.1 Å². The van der Waals surface area contributed by atoms with Crippen molar-refractivity contribution in [2.45, 2.75) is 219 Å². The minimum atomic E-state index is -4.53. The Morgan fingerprint density at radius 3 is 1.45 bits per heavy atom. The van der Waals surface area contributed by atoms with E-state index in [2.05, 4.69) is 50.3 Å². The van der Waals surface area contributed by atoms with Gasteiger partial charge in [-0.3, -0.25) is 9.36 Å². The standard InChI is InChI=1S/C49H94NO7P/c1-6-8-10-12-14-16-18-20-21-22-23-24-25-26-27-28-29-30-32-34-36-38-40-42-49(51)57-48(47-56-58(52,53)55-45-43-50(3,4)5)46-54-44-41-39-37-35-33-31-19-17-15-13-11-9-7-2/h15,17-18,20,22-23,48H,6-14,16,19,21,24-47H2,1-5H3/b17-15-,20-18-,23-22-. The average molecular weight is 840 g/mol. The second-order valence-corrected chi connectivity index (χ2v) is 18.9. The van der Waals surface area contributed by atoms with E-state index in [-0.39, 0.29) is 25.8 Å². The molecule has 0 spiro atoms. The molecule has 0 aromatic carbocycles. The second kappa shape index (κ2) is 42.4. The molecule has 58 heavy (non-hydrogen) atoms. The molecule has 0 N–H and O–H groups in total. The van der Waals surface area contributed by atoms with Crippen molar-refractivity contribution in [3.63, 3.8) is 0 Å². The third kappa shape index (κ3) is 45.8. The lowest BCUT2D eigenvalue weighted by molar-refractivity contribution is -0.870. The summed E-state index contributed by atoms with van der Waals surface area (Å²) in [6.07, 6.45) is 50.2. The molecule has 0 amide bonds. The summed E-state index contributed by atoms with van der Waals surface area (Å²) in [5.41, 5.74) is 0. The Morgan fingerprint density at radius 2 is 0.948 bits per heavy atom. The van der Waals surface area contributed by atoms with Crippen molar-refractivity contribution < 1.29 is 37.3 Å². The molecule has 0 heterocycles. The zero-order valence-corrected chi connectivity index (χ0v) is 39.6. The van der Waals surface area contributed by atoms with Crippen molar-refractivity contribution in [3.05, 3.63) is 36.5 Å². The molecule has 9 heteroatoms. The molecule has 0 bridgehead atoms. The first-order valence-corrected chi connectivity index (χ1v) is 25.7. The highest BCUT2D eigenvalue weighted by molar-refractivity contribution is 7.45. The first-order chi connectivity index (χ1) is 28.1. The molecule has 0 radical (unpaired) electrons. The lowest BCUT2D eigenvalue weighted by atomic mass is 10.0. The maximum Gasteiger partial charge on any atom is 0.306 e. The Kier molecular flexibility index (Phi) is 41.5. The quantitative estimate of drug-likeness (QED) is 0.0198. The summed E-state index contributed by atoms with van der Waals surface area (Å²) in [5, 5.41) is 0. The molecular weight excluding hydrogens is 746 g/mol. The van der Waals surface area contributed by atoms with Crippen molar-refractivity contribution >= 4 is 13.8 Å². The normalized spacial score (nSPS) is 14.0. The van der Waals surface area contributed by atoms with Gasteiger partial charge in [-0.1, -0.05) is 172 Å². The Morgan fingerprint density at radius 1 is 0.534 bits per heavy atom. The van der Waals surface area contributed by atoms with Crippen molar-refractivity contribution in [3.8, 4) is 0 Å². The first-order valence-electron chi connectivity index (χ1n) is 24.2. The molecule has 8 nitrogen and oxygen atoms in total. The molecule has 0 saturated heterocycles. The van der Waals surface area contributed by atoms with Gasteiger partial charge in [0.2, 0.25) is 0 Å². The minimum absolute atomic E-state index is 0.0248. The first kappa shape index (κ1) is 56.7. The predicted octanol–water partition coefficient (Wildman–Crippen LogP) is 13.9. The van der Waals surface area contributed by atoms with E-state index in [1.807, 2.05) is 21.1 Å². The number of ether oxygens (including phenoxy) is 2. The van der Waals surface area contributed by atoms with E-state index in [4.69, 9.17) is 18.5 Å². The Labute approximate surface area is 359 Å². The van der Waals surface area contributed by atoms with Crippen LogP contribution in [-0.4, -0.2) is 70.7 Å². The van der Waals surface area contributed by atoms with Crippen LogP contribution >= 0.6 is 7.82 Å². The fraction of sp³-hybridized carbons (Fsp3) is 0.857. The highest BCUT2D eigenvalue weighted by Crippen LogP contribution is 2.38. The van der Waals surface area contributed by atoms with Crippen molar-refractivity contribution in [1.82, 2.24) is 0 Å². The molecular formula is C49H94NO7P. The van der Waals surface area contributed by atoms with Crippen LogP contribution in [0.4, 0.5) is 0 Å². The van der Waals surface area contributed by atoms with Gasteiger partial charge >= 0.3 is 5.97 Å². The number of carbonyl (C=O) groups is 1. The molecule has 2 atom stereocenters. The van der Waals surface area contributed by atoms with Crippen LogP contribution in [-0.2, 0) is 27.9 Å². The number of phosphoric ester groups is 1. The van der Waals surface area contributed by atoms with E-state index in [0.717, 1.165) is 38.5 Å². The fourth-order valence-corrected chi connectivity index (χ4v) is 7.36. The lowest BCUT2D eigenvalue weighted by Crippen LogP contribution is -2.37. The zero-order chi connectivity index (χ0) is 42.7. The monoisotopic (exact) mass is 840 g/mol. The molecule has 0 aliphatic rings. The number of hydrogen-bond donors (Lipinski definition) is 0. The van der Waals surface area contributed by atoms with Crippen LogP contribution in [0.5, 0.6) is 0 Å². The van der Waals surface area contributed by atoms with Gasteiger partial charge in [-0.2, -0.15) is 0 Å². The molecule has 0 saturated carbocycles. The van der Waals surface area contributed by atoms with E-state index < -0.39 is 13.9 Å². The molecule has 0 rings (SSSR count). The Bertz CT molecular complexity index is 1020. The summed E-state index contributed by atoms with van der Waals surface area (Å²) in [6.45, 7) is 5.38. The van der Waals surface area contributed by atoms with Gasteiger partial charge in [0.25, 0.3) is 7.82 Å². The highest BCUT2D eigenvalue weighted by atomic mass is 31.2. The summed E-state index contributed by atoms with van der Waals surface area (Å²) >= 11 is 0. The molecule has 0 aromatic rings. The average Bonchev–Trinajstić information content (AvgIpc) is 3.18. The Balaban J connectivity index is 4.12. The number of phosphoric acid groups is 1. The number of rotatable bonds is 45. The molecule has 0 aliphatic carbocycles. The summed E-state index contributed by atoms with van der Waals surface area (Å²) in [5.74, 6) is -0.337. The molecule has 2 unspecified atom stereocenters. The number of carbonyl (C=O) groups excluding carboxylic acids is 1. The number of esters is 1. The maximum atomic E-state index is 12.7. The molecule has 342 valence electrons. The minimum Gasteiger partial charge on any atom is -0.756 e. The van der Waals surface area contributed by atoms with E-state index in [9.17, 15) is 14.3 Å². The van der Waals surface area contributed by atoms with Crippen LogP contribution in [0, 0.1) is 0 Å². The zero-order valence-electron chi connectivity index (χ0n) is 38.7. The topological polar surface area (TPSA) is 94.1 Å². The van der Waals surface area contributed by atoms with Gasteiger partial charge in [-0.05, 0) is 70.6 Å². The molecule has 0 aromatic heterocycles. The summed E-state index contributed by atoms with van der Waals surface area (Å²) in [6, 6.07) is 0. The van der Waals surface area contributed by atoms with Gasteiger partial charge in [-0.15, -0.1) is 0 Å². The van der Waals surface area contributed by atoms with E-state index >= 15 is 0 Å². The van der Waals surface area contributed by atoms with Gasteiger partial charge in [0.15, 0.2) is 0 Å². The van der Waals surface area contributed by atoms with E-state index in [1.165, 1.54) is 154 Å². The van der Waals surface area contributed by atoms with Crippen LogP contribution in [0.2, 0.25) is 0 Å². The predicted molar refractivity (Wildman–Crippen MR) is 245 cm³/mol. The summed E-state index contributed by atoms with van der Waals surface area (Å²) in [4.78, 5) is 25.1. The number of unbranched alkanes of at least 4 members (excludes halogenated alkanes) is 25. The van der Waals surface area contributed by atoms with Crippen LogP contribution in [0.15, 0.2) is 36.5 Å². The third-order valence-electron chi connectivity index (χ3n) is 10.4.